The van der Waals surface area contributed by atoms with E-state index >= 15 is 0 Å². The number of rotatable bonds is 3. The molecule has 1 aliphatic heterocycles. The summed E-state index contributed by atoms with van der Waals surface area (Å²) in [7, 11) is 0. The van der Waals surface area contributed by atoms with Crippen LogP contribution in [0.25, 0.3) is 0 Å². The third-order valence-electron chi connectivity index (χ3n) is 4.63. The Morgan fingerprint density at radius 1 is 0.889 bits per heavy atom. The quantitative estimate of drug-likeness (QED) is 0.714. The van der Waals surface area contributed by atoms with Gasteiger partial charge in [-0.1, -0.05) is 48.0 Å². The highest BCUT2D eigenvalue weighted by atomic mass is 35.5. The first-order valence-corrected chi connectivity index (χ1v) is 9.07. The first-order valence-electron chi connectivity index (χ1n) is 8.69. The first-order chi connectivity index (χ1) is 13.1. The van der Waals surface area contributed by atoms with Crippen LogP contribution in [-0.2, 0) is 6.42 Å². The molecular weight excluding hydrogens is 360 g/mol. The van der Waals surface area contributed by atoms with E-state index in [2.05, 4.69) is 5.32 Å². The fraction of sp³-hybridized carbons (Fsp3) is 0.0909. The number of benzene rings is 3. The van der Waals surface area contributed by atoms with Gasteiger partial charge in [-0.2, -0.15) is 0 Å². The Morgan fingerprint density at radius 2 is 1.63 bits per heavy atom. The van der Waals surface area contributed by atoms with Crippen molar-refractivity contribution in [3.63, 3.8) is 0 Å². The molecular formula is C22H17ClN2O2. The summed E-state index contributed by atoms with van der Waals surface area (Å²) < 4.78 is 0. The van der Waals surface area contributed by atoms with Crippen molar-refractivity contribution in [1.29, 1.82) is 0 Å². The summed E-state index contributed by atoms with van der Waals surface area (Å²) in [4.78, 5) is 27.3. The Hall–Kier alpha value is -3.11. The van der Waals surface area contributed by atoms with Crippen LogP contribution in [0.3, 0.4) is 0 Å². The van der Waals surface area contributed by atoms with Gasteiger partial charge in [0.1, 0.15) is 0 Å². The van der Waals surface area contributed by atoms with E-state index in [1.165, 1.54) is 5.56 Å². The van der Waals surface area contributed by atoms with Gasteiger partial charge < -0.3 is 10.2 Å². The van der Waals surface area contributed by atoms with Gasteiger partial charge in [0.25, 0.3) is 11.8 Å². The van der Waals surface area contributed by atoms with Gasteiger partial charge >= 0.3 is 0 Å². The third kappa shape index (κ3) is 3.44. The zero-order valence-electron chi connectivity index (χ0n) is 14.5. The molecule has 1 aliphatic rings. The summed E-state index contributed by atoms with van der Waals surface area (Å²) in [6.07, 6.45) is 0.842. The van der Waals surface area contributed by atoms with Crippen molar-refractivity contribution >= 4 is 34.8 Å². The maximum Gasteiger partial charge on any atom is 0.258 e. The number of para-hydroxylation sites is 2. The van der Waals surface area contributed by atoms with Crippen molar-refractivity contribution in [2.75, 3.05) is 16.8 Å². The molecule has 0 radical (unpaired) electrons. The number of hydrogen-bond acceptors (Lipinski definition) is 2. The van der Waals surface area contributed by atoms with Crippen LogP contribution >= 0.6 is 11.6 Å². The molecule has 0 fully saturated rings. The number of carbonyl (C=O) groups is 2. The summed E-state index contributed by atoms with van der Waals surface area (Å²) in [6, 6.07) is 21.7. The molecule has 0 atom stereocenters. The Labute approximate surface area is 162 Å². The Balaban J connectivity index is 1.57. The molecule has 27 heavy (non-hydrogen) atoms. The smallest absolute Gasteiger partial charge is 0.258 e. The highest BCUT2D eigenvalue weighted by molar-refractivity contribution is 6.33. The van der Waals surface area contributed by atoms with Crippen LogP contribution in [0.2, 0.25) is 5.02 Å². The van der Waals surface area contributed by atoms with Crippen LogP contribution in [0.15, 0.2) is 72.8 Å². The lowest BCUT2D eigenvalue weighted by atomic mass is 10.1. The third-order valence-corrected chi connectivity index (χ3v) is 4.96. The van der Waals surface area contributed by atoms with Gasteiger partial charge in [0.05, 0.1) is 10.7 Å². The summed E-state index contributed by atoms with van der Waals surface area (Å²) in [5, 5.41) is 3.25. The molecule has 1 heterocycles. The zero-order valence-corrected chi connectivity index (χ0v) is 15.2. The molecule has 0 spiro atoms. The van der Waals surface area contributed by atoms with Gasteiger partial charge in [0, 0.05) is 23.4 Å². The monoisotopic (exact) mass is 376 g/mol. The van der Waals surface area contributed by atoms with E-state index in [1.807, 2.05) is 24.3 Å². The number of amides is 2. The molecule has 134 valence electrons. The van der Waals surface area contributed by atoms with Crippen molar-refractivity contribution in [1.82, 2.24) is 0 Å². The van der Waals surface area contributed by atoms with E-state index in [0.29, 0.717) is 28.4 Å². The maximum atomic E-state index is 13.0. The number of nitrogens with zero attached hydrogens (tertiary/aromatic N) is 1. The average molecular weight is 377 g/mol. The SMILES string of the molecule is O=C(Nc1ccccc1Cl)c1cccc(C(=O)N2CCc3ccccc32)c1. The number of nitrogens with one attached hydrogen (secondary N) is 1. The van der Waals surface area contributed by atoms with Gasteiger partial charge in [-0.15, -0.1) is 0 Å². The Morgan fingerprint density at radius 3 is 2.48 bits per heavy atom. The van der Waals surface area contributed by atoms with Gasteiger partial charge in [-0.05, 0) is 48.4 Å². The Kier molecular flexibility index (Phi) is 4.65. The molecule has 0 saturated heterocycles. The van der Waals surface area contributed by atoms with E-state index in [0.717, 1.165) is 12.1 Å². The minimum atomic E-state index is -0.306. The van der Waals surface area contributed by atoms with Crippen LogP contribution in [0.1, 0.15) is 26.3 Å². The van der Waals surface area contributed by atoms with Crippen molar-refractivity contribution in [2.45, 2.75) is 6.42 Å². The molecule has 0 unspecified atom stereocenters. The van der Waals surface area contributed by atoms with Gasteiger partial charge in [0.15, 0.2) is 0 Å². The lowest BCUT2D eigenvalue weighted by molar-refractivity contribution is 0.0989. The van der Waals surface area contributed by atoms with Gasteiger partial charge in [0.2, 0.25) is 0 Å². The van der Waals surface area contributed by atoms with Crippen LogP contribution in [0.5, 0.6) is 0 Å². The molecule has 4 rings (SSSR count). The Bertz CT molecular complexity index is 1030. The highest BCUT2D eigenvalue weighted by Crippen LogP contribution is 2.29. The lowest BCUT2D eigenvalue weighted by Gasteiger charge is -2.17. The summed E-state index contributed by atoms with van der Waals surface area (Å²) in [5.74, 6) is -0.410. The summed E-state index contributed by atoms with van der Waals surface area (Å²) in [6.45, 7) is 0.647. The average Bonchev–Trinajstić information content (AvgIpc) is 3.13. The van der Waals surface area contributed by atoms with Crippen molar-refractivity contribution in [2.24, 2.45) is 0 Å². The predicted octanol–water partition coefficient (Wildman–Crippen LogP) is 4.80. The number of fused-ring (bicyclic) bond motifs is 1. The van der Waals surface area contributed by atoms with E-state index in [4.69, 9.17) is 11.6 Å². The topological polar surface area (TPSA) is 49.4 Å². The number of carbonyl (C=O) groups excluding carboxylic acids is 2. The standard InChI is InChI=1S/C22H17ClN2O2/c23-18-9-2-3-10-19(18)24-21(26)16-7-5-8-17(14-16)22(27)25-13-12-15-6-1-4-11-20(15)25/h1-11,14H,12-13H2,(H,24,26). The zero-order chi connectivity index (χ0) is 18.8. The fourth-order valence-corrected chi connectivity index (χ4v) is 3.44. The number of anilines is 2. The molecule has 2 amide bonds. The molecule has 0 aromatic heterocycles. The van der Waals surface area contributed by atoms with Crippen LogP contribution in [-0.4, -0.2) is 18.4 Å². The first kappa shape index (κ1) is 17.3. The number of hydrogen-bond donors (Lipinski definition) is 1. The minimum Gasteiger partial charge on any atom is -0.321 e. The van der Waals surface area contributed by atoms with Gasteiger partial charge in [-0.25, -0.2) is 0 Å². The van der Waals surface area contributed by atoms with E-state index < -0.39 is 0 Å². The van der Waals surface area contributed by atoms with Crippen molar-refractivity contribution in [3.8, 4) is 0 Å². The second kappa shape index (κ2) is 7.25. The molecule has 0 saturated carbocycles. The molecule has 5 heteroatoms. The lowest BCUT2D eigenvalue weighted by Crippen LogP contribution is -2.29. The van der Waals surface area contributed by atoms with E-state index in [9.17, 15) is 9.59 Å². The van der Waals surface area contributed by atoms with E-state index in [-0.39, 0.29) is 11.8 Å². The normalized spacial score (nSPS) is 12.6. The minimum absolute atomic E-state index is 0.104. The van der Waals surface area contributed by atoms with E-state index in [1.54, 1.807) is 53.4 Å². The van der Waals surface area contributed by atoms with Crippen LogP contribution in [0.4, 0.5) is 11.4 Å². The van der Waals surface area contributed by atoms with Crippen molar-refractivity contribution < 1.29 is 9.59 Å². The van der Waals surface area contributed by atoms with Crippen molar-refractivity contribution in [3.05, 3.63) is 94.5 Å². The molecule has 3 aromatic rings. The van der Waals surface area contributed by atoms with Gasteiger partial charge in [-0.3, -0.25) is 9.59 Å². The second-order valence-electron chi connectivity index (χ2n) is 6.35. The number of halogens is 1. The van der Waals surface area contributed by atoms with Crippen LogP contribution in [0, 0.1) is 0 Å². The predicted molar refractivity (Wildman–Crippen MR) is 108 cm³/mol. The molecule has 0 aliphatic carbocycles. The maximum absolute atomic E-state index is 13.0. The van der Waals surface area contributed by atoms with Crippen LogP contribution < -0.4 is 10.2 Å². The molecule has 0 bridgehead atoms. The summed E-state index contributed by atoms with van der Waals surface area (Å²) >= 11 is 6.10. The second-order valence-corrected chi connectivity index (χ2v) is 6.76. The highest BCUT2D eigenvalue weighted by Gasteiger charge is 2.25. The molecule has 1 N–H and O–H groups in total. The molecule has 4 nitrogen and oxygen atoms in total. The fourth-order valence-electron chi connectivity index (χ4n) is 3.26. The summed E-state index contributed by atoms with van der Waals surface area (Å²) in [5.41, 5.74) is 3.54. The largest absolute Gasteiger partial charge is 0.321 e. The molecule has 3 aromatic carbocycles.